The number of nitrogens with zero attached hydrogens (tertiary/aromatic N) is 1. The second-order valence-electron chi connectivity index (χ2n) is 12.1. The Hall–Kier alpha value is -2.29. The van der Waals surface area contributed by atoms with Gasteiger partial charge in [0.05, 0.1) is 16.5 Å². The number of aryl methyl sites for hydroxylation is 1. The summed E-state index contributed by atoms with van der Waals surface area (Å²) in [6.45, 7) is 5.45. The standard InChI is InChI=1S/C31H41ClN2O5S/c1-21-7-3-5-15-31(2,36)27-13-10-24(27)19-34-16-6-4-8-22-17-26(32)12-9-25(22)20-39-29-14-11-23(18-28(29)34)30(35)33-40(21,37)38/h9,11-12,14,17-18,21,24,27,36H,3-8,10,13,15-16,19-20H2,1-2H3,(H,33,35)/t21-,24-,27+,31+/m0/s1. The van der Waals surface area contributed by atoms with Crippen molar-refractivity contribution in [3.63, 3.8) is 0 Å². The summed E-state index contributed by atoms with van der Waals surface area (Å²) in [7, 11) is -3.84. The maximum atomic E-state index is 13.2. The van der Waals surface area contributed by atoms with Crippen LogP contribution in [0.3, 0.4) is 0 Å². The van der Waals surface area contributed by atoms with Gasteiger partial charge in [0.25, 0.3) is 5.91 Å². The number of aliphatic hydroxyl groups is 1. The Morgan fingerprint density at radius 1 is 1.05 bits per heavy atom. The Labute approximate surface area is 243 Å². The number of carbonyl (C=O) groups excluding carboxylic acids is 1. The van der Waals surface area contributed by atoms with E-state index in [1.807, 2.05) is 25.1 Å². The smallest absolute Gasteiger partial charge is 0.264 e. The monoisotopic (exact) mass is 588 g/mol. The first-order valence-electron chi connectivity index (χ1n) is 14.6. The molecule has 1 aliphatic carbocycles. The Morgan fingerprint density at radius 2 is 1.88 bits per heavy atom. The number of carbonyl (C=O) groups is 1. The molecule has 4 atom stereocenters. The van der Waals surface area contributed by atoms with Crippen molar-refractivity contribution >= 4 is 33.2 Å². The summed E-state index contributed by atoms with van der Waals surface area (Å²) >= 11 is 6.30. The SMILES string of the molecule is C[C@H]1CCCC[C@@](C)(O)[C@@H]2CC[C@H]2CN2CCCCc3cc(Cl)ccc3COc3ccc(cc32)C(=O)NS1(=O)=O. The summed E-state index contributed by atoms with van der Waals surface area (Å²) in [5.41, 5.74) is 2.53. The van der Waals surface area contributed by atoms with Crippen LogP contribution >= 0.6 is 11.6 Å². The topological polar surface area (TPSA) is 95.9 Å². The lowest BCUT2D eigenvalue weighted by atomic mass is 9.64. The molecule has 1 saturated carbocycles. The van der Waals surface area contributed by atoms with Crippen molar-refractivity contribution in [2.45, 2.75) is 89.1 Å². The molecule has 5 rings (SSSR count). The third-order valence-electron chi connectivity index (χ3n) is 9.22. The van der Waals surface area contributed by atoms with Crippen molar-refractivity contribution in [2.75, 3.05) is 18.0 Å². The molecule has 3 aliphatic rings. The van der Waals surface area contributed by atoms with E-state index in [4.69, 9.17) is 16.3 Å². The maximum absolute atomic E-state index is 13.2. The summed E-state index contributed by atoms with van der Waals surface area (Å²) in [6.07, 6.45) is 7.33. The fraction of sp³-hybridized carbons (Fsp3) is 0.581. The third-order valence-corrected chi connectivity index (χ3v) is 11.2. The van der Waals surface area contributed by atoms with Crippen LogP contribution in [-0.4, -0.2) is 43.4 Å². The van der Waals surface area contributed by atoms with Gasteiger partial charge in [-0.15, -0.1) is 0 Å². The zero-order valence-corrected chi connectivity index (χ0v) is 25.1. The quantitative estimate of drug-likeness (QED) is 0.400. The number of sulfonamides is 1. The average Bonchev–Trinajstić information content (AvgIpc) is 2.91. The molecule has 0 radical (unpaired) electrons. The molecule has 2 aliphatic heterocycles. The van der Waals surface area contributed by atoms with Crippen molar-refractivity contribution < 1.29 is 23.1 Å². The molecule has 1 amide bonds. The lowest BCUT2D eigenvalue weighted by Gasteiger charge is -2.48. The Bertz CT molecular complexity index is 1350. The van der Waals surface area contributed by atoms with Gasteiger partial charge < -0.3 is 14.7 Å². The van der Waals surface area contributed by atoms with E-state index in [0.717, 1.165) is 62.9 Å². The van der Waals surface area contributed by atoms with Gasteiger partial charge in [-0.1, -0.05) is 30.5 Å². The normalized spacial score (nSPS) is 29.4. The fourth-order valence-corrected chi connectivity index (χ4v) is 7.76. The van der Waals surface area contributed by atoms with Crippen LogP contribution in [0.4, 0.5) is 5.69 Å². The van der Waals surface area contributed by atoms with Crippen molar-refractivity contribution in [3.05, 3.63) is 58.1 Å². The Morgan fingerprint density at radius 3 is 2.65 bits per heavy atom. The van der Waals surface area contributed by atoms with Gasteiger partial charge in [-0.2, -0.15) is 0 Å². The van der Waals surface area contributed by atoms with E-state index in [-0.39, 0.29) is 11.5 Å². The first kappa shape index (κ1) is 29.2. The van der Waals surface area contributed by atoms with Crippen LogP contribution in [0.15, 0.2) is 36.4 Å². The number of anilines is 1. The predicted octanol–water partition coefficient (Wildman–Crippen LogP) is 5.86. The lowest BCUT2D eigenvalue weighted by molar-refractivity contribution is -0.0741. The molecular weight excluding hydrogens is 548 g/mol. The molecule has 2 N–H and O–H groups in total. The minimum Gasteiger partial charge on any atom is -0.487 e. The molecule has 7 nitrogen and oxygen atoms in total. The van der Waals surface area contributed by atoms with Gasteiger partial charge in [-0.05, 0) is 112 Å². The van der Waals surface area contributed by atoms with E-state index < -0.39 is 26.8 Å². The number of halogens is 1. The second-order valence-corrected chi connectivity index (χ2v) is 14.7. The largest absolute Gasteiger partial charge is 0.487 e. The van der Waals surface area contributed by atoms with Crippen LogP contribution in [0.5, 0.6) is 5.75 Å². The lowest BCUT2D eigenvalue weighted by Crippen LogP contribution is -2.49. The molecular formula is C31H41ClN2O5S. The molecule has 9 heteroatoms. The molecule has 0 aromatic heterocycles. The molecule has 2 aromatic rings. The Kier molecular flexibility index (Phi) is 8.69. The molecule has 2 aromatic carbocycles. The van der Waals surface area contributed by atoms with E-state index in [0.29, 0.717) is 42.6 Å². The third kappa shape index (κ3) is 6.44. The number of hydrogen-bond acceptors (Lipinski definition) is 6. The molecule has 40 heavy (non-hydrogen) atoms. The van der Waals surface area contributed by atoms with E-state index in [9.17, 15) is 18.3 Å². The predicted molar refractivity (Wildman–Crippen MR) is 159 cm³/mol. The molecule has 0 saturated heterocycles. The van der Waals surface area contributed by atoms with Crippen molar-refractivity contribution in [2.24, 2.45) is 11.8 Å². The highest BCUT2D eigenvalue weighted by atomic mass is 35.5. The highest BCUT2D eigenvalue weighted by Gasteiger charge is 2.44. The fourth-order valence-electron chi connectivity index (χ4n) is 6.51. The number of hydrogen-bond donors (Lipinski definition) is 2. The number of benzene rings is 2. The first-order valence-corrected chi connectivity index (χ1v) is 16.5. The molecule has 218 valence electrons. The van der Waals surface area contributed by atoms with Crippen LogP contribution < -0.4 is 14.4 Å². The molecule has 0 unspecified atom stereocenters. The van der Waals surface area contributed by atoms with Crippen molar-refractivity contribution in [3.8, 4) is 5.75 Å². The number of nitrogens with one attached hydrogen (secondary N) is 1. The van der Waals surface area contributed by atoms with Crippen LogP contribution in [0, 0.1) is 11.8 Å². The van der Waals surface area contributed by atoms with Gasteiger partial charge in [-0.25, -0.2) is 13.1 Å². The molecule has 2 bridgehead atoms. The number of rotatable bonds is 0. The van der Waals surface area contributed by atoms with E-state index in [1.165, 1.54) is 5.56 Å². The van der Waals surface area contributed by atoms with Crippen molar-refractivity contribution in [1.82, 2.24) is 4.72 Å². The van der Waals surface area contributed by atoms with E-state index in [1.54, 1.807) is 25.1 Å². The summed E-state index contributed by atoms with van der Waals surface area (Å²) < 4.78 is 34.6. The molecule has 0 spiro atoms. The second kappa shape index (κ2) is 11.9. The summed E-state index contributed by atoms with van der Waals surface area (Å²) in [5, 5.41) is 11.5. The first-order chi connectivity index (χ1) is 19.0. The Balaban J connectivity index is 1.53. The van der Waals surface area contributed by atoms with Gasteiger partial charge in [0.2, 0.25) is 10.0 Å². The molecule has 1 fully saturated rings. The van der Waals surface area contributed by atoms with Crippen LogP contribution in [0.1, 0.15) is 86.7 Å². The average molecular weight is 589 g/mol. The van der Waals surface area contributed by atoms with Crippen LogP contribution in [0.25, 0.3) is 0 Å². The van der Waals surface area contributed by atoms with Gasteiger partial charge >= 0.3 is 0 Å². The number of fused-ring (bicyclic) bond motifs is 3. The summed E-state index contributed by atoms with van der Waals surface area (Å²) in [5.74, 6) is 0.537. The van der Waals surface area contributed by atoms with Crippen molar-refractivity contribution in [1.29, 1.82) is 0 Å². The zero-order chi connectivity index (χ0) is 28.5. The van der Waals surface area contributed by atoms with Crippen LogP contribution in [-0.2, 0) is 23.1 Å². The highest BCUT2D eigenvalue weighted by molar-refractivity contribution is 7.90. The van der Waals surface area contributed by atoms with E-state index in [2.05, 4.69) is 9.62 Å². The van der Waals surface area contributed by atoms with Gasteiger partial charge in [0.1, 0.15) is 12.4 Å². The molecule has 2 heterocycles. The number of ether oxygens (including phenoxy) is 1. The minimum atomic E-state index is -3.84. The minimum absolute atomic E-state index is 0.182. The van der Waals surface area contributed by atoms with Gasteiger partial charge in [0.15, 0.2) is 0 Å². The number of amides is 1. The summed E-state index contributed by atoms with van der Waals surface area (Å²) in [4.78, 5) is 15.5. The summed E-state index contributed by atoms with van der Waals surface area (Å²) in [6, 6.07) is 11.1. The zero-order valence-electron chi connectivity index (χ0n) is 23.5. The maximum Gasteiger partial charge on any atom is 0.264 e. The highest BCUT2D eigenvalue weighted by Crippen LogP contribution is 2.45. The van der Waals surface area contributed by atoms with Crippen LogP contribution in [0.2, 0.25) is 5.02 Å². The van der Waals surface area contributed by atoms with Gasteiger partial charge in [0, 0.05) is 23.7 Å². The van der Waals surface area contributed by atoms with Gasteiger partial charge in [-0.3, -0.25) is 4.79 Å². The van der Waals surface area contributed by atoms with E-state index >= 15 is 0 Å².